The lowest BCUT2D eigenvalue weighted by atomic mass is 10.1. The number of nitro groups is 1. The fraction of sp³-hybridized carbons (Fsp3) is 0.333. The highest BCUT2D eigenvalue weighted by atomic mass is 32.1. The number of benzene rings is 1. The van der Waals surface area contributed by atoms with Crippen molar-refractivity contribution in [1.29, 1.82) is 0 Å². The quantitative estimate of drug-likeness (QED) is 0.624. The summed E-state index contributed by atoms with van der Waals surface area (Å²) in [6, 6.07) is 4.00. The summed E-state index contributed by atoms with van der Waals surface area (Å²) >= 11 is 1.68. The Morgan fingerprint density at radius 3 is 2.85 bits per heavy atom. The zero-order valence-corrected chi connectivity index (χ0v) is 15.5. The first-order valence-corrected chi connectivity index (χ1v) is 9.31. The molecule has 0 radical (unpaired) electrons. The fourth-order valence-corrected chi connectivity index (χ4v) is 3.95. The van der Waals surface area contributed by atoms with Crippen molar-refractivity contribution in [1.82, 2.24) is 4.90 Å². The summed E-state index contributed by atoms with van der Waals surface area (Å²) in [7, 11) is 0. The number of halogens is 1. The maximum atomic E-state index is 13.9. The molecule has 0 saturated carbocycles. The molecule has 1 aliphatic rings. The van der Waals surface area contributed by atoms with Gasteiger partial charge in [-0.15, -0.1) is 11.3 Å². The third-order valence-electron chi connectivity index (χ3n) is 4.57. The van der Waals surface area contributed by atoms with Crippen LogP contribution in [0.3, 0.4) is 0 Å². The minimum absolute atomic E-state index is 0.000890. The topological polar surface area (TPSA) is 92.5 Å². The van der Waals surface area contributed by atoms with Gasteiger partial charge < -0.3 is 10.2 Å². The predicted molar refractivity (Wildman–Crippen MR) is 99.1 cm³/mol. The second-order valence-corrected chi connectivity index (χ2v) is 7.31. The van der Waals surface area contributed by atoms with Crippen LogP contribution in [-0.2, 0) is 22.6 Å². The summed E-state index contributed by atoms with van der Waals surface area (Å²) in [4.78, 5) is 37.8. The lowest BCUT2D eigenvalue weighted by Gasteiger charge is -2.27. The van der Waals surface area contributed by atoms with Gasteiger partial charge in [-0.2, -0.15) is 0 Å². The number of fused-ring (bicyclic) bond motifs is 1. The van der Waals surface area contributed by atoms with Crippen LogP contribution in [0.25, 0.3) is 0 Å². The molecule has 3 rings (SSSR count). The molecule has 1 N–H and O–H groups in total. The summed E-state index contributed by atoms with van der Waals surface area (Å²) < 4.78 is 13.9. The van der Waals surface area contributed by atoms with Gasteiger partial charge in [0.2, 0.25) is 11.8 Å². The standard InChI is InChI=1S/C18H18FN3O4S/c1-11-14(22(25)26)3-2-13(19)18(11)20-16(23)4-5-17(24)21-8-6-15-12(10-21)7-9-27-15/h2-3,7,9H,4-6,8,10H2,1H3,(H,20,23). The first-order valence-electron chi connectivity index (χ1n) is 8.43. The van der Waals surface area contributed by atoms with E-state index < -0.39 is 16.6 Å². The van der Waals surface area contributed by atoms with E-state index in [1.807, 2.05) is 11.4 Å². The number of hydrogen-bond donors (Lipinski definition) is 1. The van der Waals surface area contributed by atoms with Gasteiger partial charge in [-0.05, 0) is 36.4 Å². The molecular weight excluding hydrogens is 373 g/mol. The molecule has 0 saturated heterocycles. The number of nitro benzene ring substituents is 1. The molecule has 27 heavy (non-hydrogen) atoms. The van der Waals surface area contributed by atoms with Crippen LogP contribution < -0.4 is 5.32 Å². The summed E-state index contributed by atoms with van der Waals surface area (Å²) in [5.74, 6) is -1.45. The number of amides is 2. The van der Waals surface area contributed by atoms with Crippen molar-refractivity contribution in [2.24, 2.45) is 0 Å². The van der Waals surface area contributed by atoms with E-state index in [1.54, 1.807) is 16.2 Å². The summed E-state index contributed by atoms with van der Waals surface area (Å²) in [5.41, 5.74) is 0.684. The number of thiophene rings is 1. The third-order valence-corrected chi connectivity index (χ3v) is 5.60. The predicted octanol–water partition coefficient (Wildman–Crippen LogP) is 3.41. The van der Waals surface area contributed by atoms with Crippen molar-refractivity contribution >= 4 is 34.5 Å². The minimum Gasteiger partial charge on any atom is -0.338 e. The van der Waals surface area contributed by atoms with Crippen LogP contribution in [-0.4, -0.2) is 28.2 Å². The van der Waals surface area contributed by atoms with E-state index in [2.05, 4.69) is 5.32 Å². The molecule has 9 heteroatoms. The Morgan fingerprint density at radius 1 is 1.33 bits per heavy atom. The van der Waals surface area contributed by atoms with Crippen molar-refractivity contribution in [3.05, 3.63) is 55.5 Å². The van der Waals surface area contributed by atoms with Gasteiger partial charge in [-0.1, -0.05) is 0 Å². The number of hydrogen-bond acceptors (Lipinski definition) is 5. The Kier molecular flexibility index (Phi) is 5.50. The molecule has 2 heterocycles. The van der Waals surface area contributed by atoms with Gasteiger partial charge in [0.1, 0.15) is 5.82 Å². The second-order valence-electron chi connectivity index (χ2n) is 6.31. The Hall–Kier alpha value is -2.81. The Labute approximate surface area is 158 Å². The molecule has 0 unspecified atom stereocenters. The first-order chi connectivity index (χ1) is 12.9. The Balaban J connectivity index is 1.58. The van der Waals surface area contributed by atoms with Crippen LogP contribution >= 0.6 is 11.3 Å². The monoisotopic (exact) mass is 391 g/mol. The van der Waals surface area contributed by atoms with Crippen LogP contribution in [0.2, 0.25) is 0 Å². The van der Waals surface area contributed by atoms with E-state index in [0.717, 1.165) is 24.1 Å². The smallest absolute Gasteiger partial charge is 0.274 e. The lowest BCUT2D eigenvalue weighted by molar-refractivity contribution is -0.385. The molecule has 0 atom stereocenters. The van der Waals surface area contributed by atoms with Crippen LogP contribution in [0.5, 0.6) is 0 Å². The van der Waals surface area contributed by atoms with Gasteiger partial charge in [0.15, 0.2) is 0 Å². The molecule has 142 valence electrons. The maximum Gasteiger partial charge on any atom is 0.274 e. The van der Waals surface area contributed by atoms with Crippen LogP contribution in [0.15, 0.2) is 23.6 Å². The average molecular weight is 391 g/mol. The average Bonchev–Trinajstić information content (AvgIpc) is 3.10. The maximum absolute atomic E-state index is 13.9. The Bertz CT molecular complexity index is 912. The zero-order chi connectivity index (χ0) is 19.6. The lowest BCUT2D eigenvalue weighted by Crippen LogP contribution is -2.35. The molecule has 2 amide bonds. The van der Waals surface area contributed by atoms with Crippen LogP contribution in [0.4, 0.5) is 15.8 Å². The van der Waals surface area contributed by atoms with Gasteiger partial charge in [-0.25, -0.2) is 4.39 Å². The number of nitrogens with zero attached hydrogens (tertiary/aromatic N) is 2. The van der Waals surface area contributed by atoms with Gasteiger partial charge in [0.05, 0.1) is 16.2 Å². The van der Waals surface area contributed by atoms with Crippen molar-refractivity contribution in [3.8, 4) is 0 Å². The van der Waals surface area contributed by atoms with E-state index >= 15 is 0 Å². The van der Waals surface area contributed by atoms with E-state index in [9.17, 15) is 24.1 Å². The number of anilines is 1. The van der Waals surface area contributed by atoms with Gasteiger partial charge in [0.25, 0.3) is 5.69 Å². The molecule has 1 aliphatic heterocycles. The normalized spacial score (nSPS) is 13.2. The summed E-state index contributed by atoms with van der Waals surface area (Å²) in [6.07, 6.45) is 0.692. The minimum atomic E-state index is -0.751. The van der Waals surface area contributed by atoms with E-state index in [4.69, 9.17) is 0 Å². The highest BCUT2D eigenvalue weighted by molar-refractivity contribution is 7.10. The number of carbonyl (C=O) groups excluding carboxylic acids is 2. The molecule has 0 bridgehead atoms. The molecule has 0 aliphatic carbocycles. The molecule has 1 aromatic heterocycles. The zero-order valence-electron chi connectivity index (χ0n) is 14.7. The number of rotatable bonds is 5. The van der Waals surface area contributed by atoms with Crippen molar-refractivity contribution in [3.63, 3.8) is 0 Å². The van der Waals surface area contributed by atoms with Crippen LogP contribution in [0.1, 0.15) is 28.8 Å². The molecule has 1 aromatic carbocycles. The largest absolute Gasteiger partial charge is 0.338 e. The third kappa shape index (κ3) is 4.13. The van der Waals surface area contributed by atoms with Crippen LogP contribution in [0, 0.1) is 22.9 Å². The van der Waals surface area contributed by atoms with Gasteiger partial charge in [-0.3, -0.25) is 19.7 Å². The summed E-state index contributed by atoms with van der Waals surface area (Å²) in [5, 5.41) is 15.3. The van der Waals surface area contributed by atoms with E-state index in [0.29, 0.717) is 13.1 Å². The fourth-order valence-electron chi connectivity index (χ4n) is 3.06. The van der Waals surface area contributed by atoms with Crippen molar-refractivity contribution in [2.75, 3.05) is 11.9 Å². The number of nitrogens with one attached hydrogen (secondary N) is 1. The second kappa shape index (κ2) is 7.83. The van der Waals surface area contributed by atoms with E-state index in [-0.39, 0.29) is 35.7 Å². The van der Waals surface area contributed by atoms with Crippen molar-refractivity contribution in [2.45, 2.75) is 32.7 Å². The Morgan fingerprint density at radius 2 is 2.11 bits per heavy atom. The molecule has 0 spiro atoms. The van der Waals surface area contributed by atoms with Crippen molar-refractivity contribution < 1.29 is 18.9 Å². The highest BCUT2D eigenvalue weighted by Gasteiger charge is 2.23. The highest BCUT2D eigenvalue weighted by Crippen LogP contribution is 2.28. The molecule has 0 fully saturated rings. The molecular formula is C18H18FN3O4S. The first kappa shape index (κ1) is 19.0. The van der Waals surface area contributed by atoms with E-state index in [1.165, 1.54) is 11.8 Å². The number of carbonyl (C=O) groups is 2. The van der Waals surface area contributed by atoms with Gasteiger partial charge >= 0.3 is 0 Å². The van der Waals surface area contributed by atoms with Gasteiger partial charge in [0, 0.05) is 36.9 Å². The SMILES string of the molecule is Cc1c([N+](=O)[O-])ccc(F)c1NC(=O)CCC(=O)N1CCc2sccc2C1. The summed E-state index contributed by atoms with van der Waals surface area (Å²) in [6.45, 7) is 2.53. The molecule has 2 aromatic rings. The molecule has 7 nitrogen and oxygen atoms in total.